The molecule has 1 heterocycles. The second-order valence-corrected chi connectivity index (χ2v) is 2.08. The van der Waals surface area contributed by atoms with Crippen LogP contribution in [0.1, 0.15) is 6.92 Å². The summed E-state index contributed by atoms with van der Waals surface area (Å²) < 4.78 is 0. The van der Waals surface area contributed by atoms with Gasteiger partial charge in [-0.25, -0.2) is 0 Å². The Balaban J connectivity index is 2.42. The summed E-state index contributed by atoms with van der Waals surface area (Å²) in [5, 5.41) is 5.97. The SMILES string of the molecule is CC1C=NN(C)C1. The van der Waals surface area contributed by atoms with Gasteiger partial charge in [-0.3, -0.25) is 5.01 Å². The van der Waals surface area contributed by atoms with Gasteiger partial charge in [0.25, 0.3) is 0 Å². The Hall–Kier alpha value is -0.530. The second-order valence-electron chi connectivity index (χ2n) is 2.08. The van der Waals surface area contributed by atoms with Crippen LogP contribution in [-0.4, -0.2) is 24.8 Å². The fraction of sp³-hybridized carbons (Fsp3) is 0.800. The number of hydrogen-bond acceptors (Lipinski definition) is 2. The predicted molar refractivity (Wildman–Crippen MR) is 30.3 cm³/mol. The standard InChI is InChI=1S/C5H10N2/c1-5-3-6-7(2)4-5/h3,5H,4H2,1-2H3. The van der Waals surface area contributed by atoms with Crippen molar-refractivity contribution < 1.29 is 0 Å². The van der Waals surface area contributed by atoms with Gasteiger partial charge >= 0.3 is 0 Å². The van der Waals surface area contributed by atoms with E-state index in [4.69, 9.17) is 0 Å². The molecule has 1 atom stereocenters. The molecular weight excluding hydrogens is 88.1 g/mol. The summed E-state index contributed by atoms with van der Waals surface area (Å²) >= 11 is 0. The lowest BCUT2D eigenvalue weighted by Gasteiger charge is -2.03. The van der Waals surface area contributed by atoms with Crippen molar-refractivity contribution in [3.8, 4) is 0 Å². The molecule has 40 valence electrons. The molecule has 7 heavy (non-hydrogen) atoms. The molecule has 0 aromatic heterocycles. The van der Waals surface area contributed by atoms with E-state index < -0.39 is 0 Å². The summed E-state index contributed by atoms with van der Waals surface area (Å²) in [6, 6.07) is 0. The van der Waals surface area contributed by atoms with E-state index in [0.717, 1.165) is 6.54 Å². The van der Waals surface area contributed by atoms with Crippen molar-refractivity contribution in [2.24, 2.45) is 11.0 Å². The first-order valence-corrected chi connectivity index (χ1v) is 2.54. The van der Waals surface area contributed by atoms with Crippen LogP contribution < -0.4 is 0 Å². The summed E-state index contributed by atoms with van der Waals surface area (Å²) in [5.74, 6) is 0.657. The molecule has 2 nitrogen and oxygen atoms in total. The first-order chi connectivity index (χ1) is 3.29. The van der Waals surface area contributed by atoms with Gasteiger partial charge in [0.2, 0.25) is 0 Å². The van der Waals surface area contributed by atoms with Crippen LogP contribution in [0, 0.1) is 5.92 Å². The molecule has 1 unspecified atom stereocenters. The van der Waals surface area contributed by atoms with Crippen molar-refractivity contribution in [2.75, 3.05) is 13.6 Å². The Morgan fingerprint density at radius 1 is 1.86 bits per heavy atom. The Kier molecular flexibility index (Phi) is 1.01. The van der Waals surface area contributed by atoms with Crippen molar-refractivity contribution in [1.29, 1.82) is 0 Å². The van der Waals surface area contributed by atoms with Crippen molar-refractivity contribution in [3.05, 3.63) is 0 Å². The Bertz CT molecular complexity index is 78.1. The highest BCUT2D eigenvalue weighted by atomic mass is 15.4. The van der Waals surface area contributed by atoms with Crippen molar-refractivity contribution in [1.82, 2.24) is 5.01 Å². The quantitative estimate of drug-likeness (QED) is 0.432. The van der Waals surface area contributed by atoms with E-state index in [0.29, 0.717) is 5.92 Å². The minimum Gasteiger partial charge on any atom is -0.300 e. The molecule has 0 aliphatic carbocycles. The lowest BCUT2D eigenvalue weighted by Crippen LogP contribution is -2.10. The molecule has 0 N–H and O–H groups in total. The maximum absolute atomic E-state index is 4.03. The molecule has 1 rings (SSSR count). The topological polar surface area (TPSA) is 15.6 Å². The number of nitrogens with zero attached hydrogens (tertiary/aromatic N) is 2. The third-order valence-corrected chi connectivity index (χ3v) is 1.07. The van der Waals surface area contributed by atoms with Gasteiger partial charge in [0.15, 0.2) is 0 Å². The molecule has 1 aliphatic heterocycles. The summed E-state index contributed by atoms with van der Waals surface area (Å²) in [5.41, 5.74) is 0. The maximum Gasteiger partial charge on any atom is 0.0432 e. The van der Waals surface area contributed by atoms with Gasteiger partial charge < -0.3 is 0 Å². The lowest BCUT2D eigenvalue weighted by molar-refractivity contribution is 0.368. The molecule has 0 fully saturated rings. The molecule has 0 aromatic rings. The summed E-state index contributed by atoms with van der Waals surface area (Å²) in [7, 11) is 1.99. The minimum atomic E-state index is 0.657. The van der Waals surface area contributed by atoms with E-state index >= 15 is 0 Å². The van der Waals surface area contributed by atoms with E-state index in [1.165, 1.54) is 0 Å². The van der Waals surface area contributed by atoms with E-state index in [2.05, 4.69) is 12.0 Å². The van der Waals surface area contributed by atoms with Crippen LogP contribution >= 0.6 is 0 Å². The van der Waals surface area contributed by atoms with E-state index in [1.807, 2.05) is 18.3 Å². The summed E-state index contributed by atoms with van der Waals surface area (Å²) in [6.07, 6.45) is 1.97. The molecule has 0 saturated carbocycles. The van der Waals surface area contributed by atoms with E-state index in [1.54, 1.807) is 0 Å². The molecule has 1 aliphatic rings. The van der Waals surface area contributed by atoms with Gasteiger partial charge in [0.05, 0.1) is 0 Å². The minimum absolute atomic E-state index is 0.657. The van der Waals surface area contributed by atoms with E-state index in [9.17, 15) is 0 Å². The zero-order valence-corrected chi connectivity index (χ0v) is 4.76. The molecule has 0 spiro atoms. The third kappa shape index (κ3) is 0.918. The molecule has 2 heteroatoms. The molecule has 0 radical (unpaired) electrons. The fourth-order valence-electron chi connectivity index (χ4n) is 0.739. The Morgan fingerprint density at radius 3 is 2.71 bits per heavy atom. The summed E-state index contributed by atoms with van der Waals surface area (Å²) in [6.45, 7) is 3.24. The molecule has 0 aromatic carbocycles. The van der Waals surface area contributed by atoms with Gasteiger partial charge in [-0.15, -0.1) is 0 Å². The fourth-order valence-corrected chi connectivity index (χ4v) is 0.739. The van der Waals surface area contributed by atoms with Gasteiger partial charge in [0.1, 0.15) is 0 Å². The lowest BCUT2D eigenvalue weighted by atomic mass is 10.2. The number of hydrogen-bond donors (Lipinski definition) is 0. The number of hydrazone groups is 1. The van der Waals surface area contributed by atoms with Crippen LogP contribution in [0.25, 0.3) is 0 Å². The van der Waals surface area contributed by atoms with Crippen LogP contribution in [0.4, 0.5) is 0 Å². The van der Waals surface area contributed by atoms with Crippen LogP contribution in [0.15, 0.2) is 5.10 Å². The zero-order valence-electron chi connectivity index (χ0n) is 4.76. The average molecular weight is 98.1 g/mol. The van der Waals surface area contributed by atoms with Crippen LogP contribution in [0.3, 0.4) is 0 Å². The predicted octanol–water partition coefficient (Wildman–Crippen LogP) is 0.554. The third-order valence-electron chi connectivity index (χ3n) is 1.07. The molecule has 0 bridgehead atoms. The number of rotatable bonds is 0. The molecular formula is C5H10N2. The van der Waals surface area contributed by atoms with Gasteiger partial charge in [0, 0.05) is 25.7 Å². The van der Waals surface area contributed by atoms with Crippen LogP contribution in [0.5, 0.6) is 0 Å². The van der Waals surface area contributed by atoms with Crippen molar-refractivity contribution in [3.63, 3.8) is 0 Å². The van der Waals surface area contributed by atoms with Crippen molar-refractivity contribution >= 4 is 6.21 Å². The van der Waals surface area contributed by atoms with Crippen LogP contribution in [-0.2, 0) is 0 Å². The highest BCUT2D eigenvalue weighted by Crippen LogP contribution is 2.01. The average Bonchev–Trinajstić information content (AvgIpc) is 1.87. The highest BCUT2D eigenvalue weighted by Gasteiger charge is 2.06. The van der Waals surface area contributed by atoms with Gasteiger partial charge in [-0.2, -0.15) is 5.10 Å². The molecule has 0 saturated heterocycles. The normalized spacial score (nSPS) is 29.4. The highest BCUT2D eigenvalue weighted by molar-refractivity contribution is 5.61. The first kappa shape index (κ1) is 4.62. The van der Waals surface area contributed by atoms with Gasteiger partial charge in [-0.05, 0) is 0 Å². The van der Waals surface area contributed by atoms with E-state index in [-0.39, 0.29) is 0 Å². The largest absolute Gasteiger partial charge is 0.300 e. The molecule has 0 amide bonds. The Morgan fingerprint density at radius 2 is 2.57 bits per heavy atom. The summed E-state index contributed by atoms with van der Waals surface area (Å²) in [4.78, 5) is 0. The van der Waals surface area contributed by atoms with Crippen LogP contribution in [0.2, 0.25) is 0 Å². The monoisotopic (exact) mass is 98.1 g/mol. The second kappa shape index (κ2) is 1.52. The van der Waals surface area contributed by atoms with Gasteiger partial charge in [-0.1, -0.05) is 6.92 Å². The van der Waals surface area contributed by atoms with Crippen molar-refractivity contribution in [2.45, 2.75) is 6.92 Å². The smallest absolute Gasteiger partial charge is 0.0432 e. The Labute approximate surface area is 43.8 Å². The first-order valence-electron chi connectivity index (χ1n) is 2.54. The maximum atomic E-state index is 4.03. The zero-order chi connectivity index (χ0) is 5.28.